The van der Waals surface area contributed by atoms with E-state index in [4.69, 9.17) is 14.7 Å². The molecule has 106 valence electrons. The van der Waals surface area contributed by atoms with Gasteiger partial charge in [0, 0.05) is 6.54 Å². The minimum absolute atomic E-state index is 0.0570. The Bertz CT molecular complexity index is 463. The van der Waals surface area contributed by atoms with Gasteiger partial charge in [-0.2, -0.15) is 5.26 Å². The van der Waals surface area contributed by atoms with Crippen LogP contribution in [0.15, 0.2) is 36.9 Å². The highest BCUT2D eigenvalue weighted by atomic mass is 16.5. The van der Waals surface area contributed by atoms with Gasteiger partial charge in [-0.3, -0.25) is 4.79 Å². The molecule has 0 aliphatic rings. The zero-order valence-electron chi connectivity index (χ0n) is 11.3. The van der Waals surface area contributed by atoms with Gasteiger partial charge in [0.25, 0.3) is 5.91 Å². The molecule has 1 rings (SSSR count). The Kier molecular flexibility index (Phi) is 7.55. The van der Waals surface area contributed by atoms with Crippen molar-refractivity contribution < 1.29 is 14.3 Å². The topological polar surface area (TPSA) is 71.3 Å². The predicted molar refractivity (Wildman–Crippen MR) is 75.3 cm³/mol. The van der Waals surface area contributed by atoms with E-state index in [0.717, 1.165) is 6.42 Å². The Labute approximate surface area is 118 Å². The Morgan fingerprint density at radius 2 is 2.10 bits per heavy atom. The molecule has 0 saturated heterocycles. The third-order valence-corrected chi connectivity index (χ3v) is 2.39. The smallest absolute Gasteiger partial charge is 0.258 e. The van der Waals surface area contributed by atoms with E-state index >= 15 is 0 Å². The first kappa shape index (κ1) is 15.7. The molecule has 0 aromatic heterocycles. The molecular weight excluding hydrogens is 256 g/mol. The molecule has 5 heteroatoms. The van der Waals surface area contributed by atoms with E-state index in [1.807, 2.05) is 6.07 Å². The lowest BCUT2D eigenvalue weighted by Gasteiger charge is -2.07. The third kappa shape index (κ3) is 6.57. The van der Waals surface area contributed by atoms with Gasteiger partial charge in [0.2, 0.25) is 0 Å². The quantitative estimate of drug-likeness (QED) is 0.549. The van der Waals surface area contributed by atoms with E-state index in [0.29, 0.717) is 31.1 Å². The second-order valence-corrected chi connectivity index (χ2v) is 3.96. The first-order chi connectivity index (χ1) is 9.76. The predicted octanol–water partition coefficient (Wildman–Crippen LogP) is 1.65. The maximum absolute atomic E-state index is 11.5. The summed E-state index contributed by atoms with van der Waals surface area (Å²) in [6.45, 7) is 5.06. The van der Waals surface area contributed by atoms with Gasteiger partial charge in [-0.25, -0.2) is 0 Å². The van der Waals surface area contributed by atoms with E-state index in [1.165, 1.54) is 0 Å². The number of rotatable bonds is 9. The fraction of sp³-hybridized carbons (Fsp3) is 0.333. The summed E-state index contributed by atoms with van der Waals surface area (Å²) in [6, 6.07) is 8.61. The number of carbonyl (C=O) groups is 1. The minimum Gasteiger partial charge on any atom is -0.484 e. The monoisotopic (exact) mass is 274 g/mol. The van der Waals surface area contributed by atoms with E-state index in [1.54, 1.807) is 30.3 Å². The van der Waals surface area contributed by atoms with Gasteiger partial charge >= 0.3 is 0 Å². The van der Waals surface area contributed by atoms with Gasteiger partial charge < -0.3 is 14.8 Å². The summed E-state index contributed by atoms with van der Waals surface area (Å²) in [6.07, 6.45) is 2.58. The van der Waals surface area contributed by atoms with Crippen LogP contribution in [-0.4, -0.2) is 32.3 Å². The zero-order chi connectivity index (χ0) is 14.6. The SMILES string of the molecule is C=CCCOCCNC(=O)COc1ccc(C#N)cc1. The second kappa shape index (κ2) is 9.59. The van der Waals surface area contributed by atoms with Crippen LogP contribution in [0.25, 0.3) is 0 Å². The molecule has 0 radical (unpaired) electrons. The summed E-state index contributed by atoms with van der Waals surface area (Å²) in [4.78, 5) is 11.5. The van der Waals surface area contributed by atoms with Crippen molar-refractivity contribution in [3.63, 3.8) is 0 Å². The van der Waals surface area contributed by atoms with Crippen molar-refractivity contribution in [1.29, 1.82) is 5.26 Å². The van der Waals surface area contributed by atoms with Crippen molar-refractivity contribution in [1.82, 2.24) is 5.32 Å². The number of nitriles is 1. The van der Waals surface area contributed by atoms with Crippen molar-refractivity contribution in [3.8, 4) is 11.8 Å². The van der Waals surface area contributed by atoms with Crippen molar-refractivity contribution in [3.05, 3.63) is 42.5 Å². The Hall–Kier alpha value is -2.32. The number of benzene rings is 1. The van der Waals surface area contributed by atoms with Crippen LogP contribution < -0.4 is 10.1 Å². The standard InChI is InChI=1S/C15H18N2O3/c1-2-3-9-19-10-8-17-15(18)12-20-14-6-4-13(11-16)5-7-14/h2,4-7H,1,3,8-10,12H2,(H,17,18). The van der Waals surface area contributed by atoms with Crippen molar-refractivity contribution in [2.75, 3.05) is 26.4 Å². The summed E-state index contributed by atoms with van der Waals surface area (Å²) in [5.74, 6) is 0.350. The molecule has 1 aromatic rings. The van der Waals surface area contributed by atoms with Gasteiger partial charge in [0.1, 0.15) is 5.75 Å². The first-order valence-electron chi connectivity index (χ1n) is 6.34. The first-order valence-corrected chi connectivity index (χ1v) is 6.34. The normalized spacial score (nSPS) is 9.55. The third-order valence-electron chi connectivity index (χ3n) is 2.39. The number of hydrogen-bond acceptors (Lipinski definition) is 4. The molecular formula is C15H18N2O3. The number of ether oxygens (including phenoxy) is 2. The maximum atomic E-state index is 11.5. The average molecular weight is 274 g/mol. The fourth-order valence-corrected chi connectivity index (χ4v) is 1.36. The summed E-state index contributed by atoms with van der Waals surface area (Å²) >= 11 is 0. The maximum Gasteiger partial charge on any atom is 0.258 e. The molecule has 20 heavy (non-hydrogen) atoms. The number of amides is 1. The molecule has 0 aliphatic carbocycles. The molecule has 0 bridgehead atoms. The van der Waals surface area contributed by atoms with E-state index in [-0.39, 0.29) is 12.5 Å². The molecule has 5 nitrogen and oxygen atoms in total. The molecule has 0 heterocycles. The van der Waals surface area contributed by atoms with Crippen LogP contribution in [0.2, 0.25) is 0 Å². The molecule has 0 unspecified atom stereocenters. The highest BCUT2D eigenvalue weighted by molar-refractivity contribution is 5.77. The fourth-order valence-electron chi connectivity index (χ4n) is 1.36. The summed E-state index contributed by atoms with van der Waals surface area (Å²) < 4.78 is 10.5. The molecule has 0 aliphatic heterocycles. The van der Waals surface area contributed by atoms with Crippen LogP contribution in [0.4, 0.5) is 0 Å². The van der Waals surface area contributed by atoms with Gasteiger partial charge in [-0.05, 0) is 30.7 Å². The summed E-state index contributed by atoms with van der Waals surface area (Å²) in [5, 5.41) is 11.3. The van der Waals surface area contributed by atoms with Crippen LogP contribution in [0.1, 0.15) is 12.0 Å². The van der Waals surface area contributed by atoms with Crippen LogP contribution in [0.5, 0.6) is 5.75 Å². The lowest BCUT2D eigenvalue weighted by Crippen LogP contribution is -2.31. The largest absolute Gasteiger partial charge is 0.484 e. The molecule has 0 saturated carbocycles. The van der Waals surface area contributed by atoms with E-state index < -0.39 is 0 Å². The zero-order valence-corrected chi connectivity index (χ0v) is 11.3. The number of carbonyl (C=O) groups excluding carboxylic acids is 1. The number of nitrogens with zero attached hydrogens (tertiary/aromatic N) is 1. The molecule has 1 amide bonds. The van der Waals surface area contributed by atoms with Crippen LogP contribution in [0.3, 0.4) is 0 Å². The Morgan fingerprint density at radius 1 is 1.35 bits per heavy atom. The van der Waals surface area contributed by atoms with Gasteiger partial charge in [-0.15, -0.1) is 6.58 Å². The van der Waals surface area contributed by atoms with Gasteiger partial charge in [-0.1, -0.05) is 6.08 Å². The van der Waals surface area contributed by atoms with Crippen LogP contribution in [-0.2, 0) is 9.53 Å². The Balaban J connectivity index is 2.13. The van der Waals surface area contributed by atoms with Crippen molar-refractivity contribution >= 4 is 5.91 Å². The molecule has 0 atom stereocenters. The second-order valence-electron chi connectivity index (χ2n) is 3.96. The molecule has 0 fully saturated rings. The lowest BCUT2D eigenvalue weighted by atomic mass is 10.2. The van der Waals surface area contributed by atoms with Crippen LogP contribution >= 0.6 is 0 Å². The van der Waals surface area contributed by atoms with Gasteiger partial charge in [0.15, 0.2) is 6.61 Å². The summed E-state index contributed by atoms with van der Waals surface area (Å²) in [5.41, 5.74) is 0.554. The Morgan fingerprint density at radius 3 is 2.75 bits per heavy atom. The highest BCUT2D eigenvalue weighted by Crippen LogP contribution is 2.10. The molecule has 0 spiro atoms. The van der Waals surface area contributed by atoms with Gasteiger partial charge in [0.05, 0.1) is 24.8 Å². The lowest BCUT2D eigenvalue weighted by molar-refractivity contribution is -0.123. The van der Waals surface area contributed by atoms with Crippen molar-refractivity contribution in [2.24, 2.45) is 0 Å². The van der Waals surface area contributed by atoms with Crippen molar-refractivity contribution in [2.45, 2.75) is 6.42 Å². The molecule has 1 aromatic carbocycles. The summed E-state index contributed by atoms with van der Waals surface area (Å²) in [7, 11) is 0. The van der Waals surface area contributed by atoms with E-state index in [9.17, 15) is 4.79 Å². The highest BCUT2D eigenvalue weighted by Gasteiger charge is 2.02. The number of hydrogen-bond donors (Lipinski definition) is 1. The molecule has 1 N–H and O–H groups in total. The van der Waals surface area contributed by atoms with E-state index in [2.05, 4.69) is 11.9 Å². The van der Waals surface area contributed by atoms with Crippen LogP contribution in [0, 0.1) is 11.3 Å². The average Bonchev–Trinajstić information content (AvgIpc) is 2.49. The number of nitrogens with one attached hydrogen (secondary N) is 1. The minimum atomic E-state index is -0.207.